The Hall–Kier alpha value is -2.77. The van der Waals surface area contributed by atoms with Gasteiger partial charge in [0.15, 0.2) is 5.82 Å². The fourth-order valence-corrected chi connectivity index (χ4v) is 2.92. The highest BCUT2D eigenvalue weighted by Crippen LogP contribution is 2.31. The van der Waals surface area contributed by atoms with E-state index in [0.29, 0.717) is 30.3 Å². The maximum Gasteiger partial charge on any atom is 0.321 e. The van der Waals surface area contributed by atoms with E-state index in [9.17, 15) is 4.79 Å². The minimum Gasteiger partial charge on any atom is -0.497 e. The van der Waals surface area contributed by atoms with Gasteiger partial charge in [-0.3, -0.25) is 4.68 Å². The number of aromatic nitrogens is 3. The van der Waals surface area contributed by atoms with Crippen molar-refractivity contribution in [2.24, 2.45) is 7.05 Å². The Morgan fingerprint density at radius 3 is 2.58 bits per heavy atom. The number of ether oxygens (including phenoxy) is 2. The smallest absolute Gasteiger partial charge is 0.321 e. The van der Waals surface area contributed by atoms with Crippen molar-refractivity contribution in [2.75, 3.05) is 32.6 Å². The molecule has 2 aromatic rings. The molecule has 8 nitrogen and oxygen atoms in total. The average molecular weight is 359 g/mol. The van der Waals surface area contributed by atoms with Crippen LogP contribution in [0.2, 0.25) is 0 Å². The number of urea groups is 1. The first-order valence-electron chi connectivity index (χ1n) is 8.61. The van der Waals surface area contributed by atoms with Crippen LogP contribution < -0.4 is 14.8 Å². The second kappa shape index (κ2) is 7.23. The summed E-state index contributed by atoms with van der Waals surface area (Å²) < 4.78 is 12.3. The van der Waals surface area contributed by atoms with Crippen LogP contribution in [0.15, 0.2) is 18.2 Å². The van der Waals surface area contributed by atoms with Gasteiger partial charge in [-0.25, -0.2) is 9.78 Å². The third-order valence-electron chi connectivity index (χ3n) is 4.51. The van der Waals surface area contributed by atoms with Gasteiger partial charge in [0, 0.05) is 32.1 Å². The summed E-state index contributed by atoms with van der Waals surface area (Å²) in [7, 11) is 5.05. The molecule has 1 aromatic carbocycles. The Balaban J connectivity index is 1.62. The van der Waals surface area contributed by atoms with Gasteiger partial charge in [-0.1, -0.05) is 13.8 Å². The molecule has 0 bridgehead atoms. The lowest BCUT2D eigenvalue weighted by Gasteiger charge is -2.38. The number of nitrogens with one attached hydrogen (secondary N) is 1. The van der Waals surface area contributed by atoms with E-state index in [4.69, 9.17) is 9.47 Å². The number of carbonyl (C=O) groups excluding carboxylic acids is 1. The highest BCUT2D eigenvalue weighted by atomic mass is 16.5. The molecule has 1 aliphatic heterocycles. The maximum atomic E-state index is 12.5. The zero-order chi connectivity index (χ0) is 18.8. The number of aryl methyl sites for hydroxylation is 1. The van der Waals surface area contributed by atoms with Crippen LogP contribution in [0.3, 0.4) is 0 Å². The fourth-order valence-electron chi connectivity index (χ4n) is 2.92. The molecule has 2 heterocycles. The van der Waals surface area contributed by atoms with Gasteiger partial charge >= 0.3 is 6.03 Å². The Morgan fingerprint density at radius 1 is 1.27 bits per heavy atom. The van der Waals surface area contributed by atoms with Crippen molar-refractivity contribution in [3.05, 3.63) is 29.8 Å². The summed E-state index contributed by atoms with van der Waals surface area (Å²) in [6, 6.07) is 5.13. The molecule has 2 amide bonds. The Bertz CT molecular complexity index is 796. The highest BCUT2D eigenvalue weighted by Gasteiger charge is 2.35. The van der Waals surface area contributed by atoms with Crippen LogP contribution >= 0.6 is 0 Å². The minimum atomic E-state index is -0.157. The quantitative estimate of drug-likeness (QED) is 0.887. The third kappa shape index (κ3) is 3.44. The van der Waals surface area contributed by atoms with E-state index >= 15 is 0 Å². The van der Waals surface area contributed by atoms with Gasteiger partial charge in [0.25, 0.3) is 0 Å². The van der Waals surface area contributed by atoms with Crippen molar-refractivity contribution in [3.63, 3.8) is 0 Å². The van der Waals surface area contributed by atoms with Crippen molar-refractivity contribution >= 4 is 11.7 Å². The fraction of sp³-hybridized carbons (Fsp3) is 0.500. The largest absolute Gasteiger partial charge is 0.497 e. The number of rotatable bonds is 5. The van der Waals surface area contributed by atoms with Crippen LogP contribution in [-0.4, -0.2) is 53.0 Å². The van der Waals surface area contributed by atoms with E-state index in [2.05, 4.69) is 29.2 Å². The van der Waals surface area contributed by atoms with Gasteiger partial charge in [0.1, 0.15) is 17.3 Å². The maximum absolute atomic E-state index is 12.5. The molecule has 0 saturated carbocycles. The van der Waals surface area contributed by atoms with Crippen molar-refractivity contribution in [3.8, 4) is 11.5 Å². The topological polar surface area (TPSA) is 81.5 Å². The highest BCUT2D eigenvalue weighted by molar-refractivity contribution is 5.91. The number of amides is 2. The van der Waals surface area contributed by atoms with E-state index in [-0.39, 0.29) is 17.9 Å². The van der Waals surface area contributed by atoms with Crippen molar-refractivity contribution < 1.29 is 14.3 Å². The lowest BCUT2D eigenvalue weighted by molar-refractivity contribution is 0.159. The molecule has 0 radical (unpaired) electrons. The number of hydrogen-bond donors (Lipinski definition) is 1. The van der Waals surface area contributed by atoms with Crippen LogP contribution in [0.5, 0.6) is 11.5 Å². The summed E-state index contributed by atoms with van der Waals surface area (Å²) >= 11 is 0. The second-order valence-corrected chi connectivity index (χ2v) is 6.70. The first-order valence-corrected chi connectivity index (χ1v) is 8.61. The van der Waals surface area contributed by atoms with Gasteiger partial charge in [-0.05, 0) is 12.1 Å². The summed E-state index contributed by atoms with van der Waals surface area (Å²) in [5.74, 6) is 3.50. The van der Waals surface area contributed by atoms with E-state index in [0.717, 1.165) is 11.6 Å². The van der Waals surface area contributed by atoms with E-state index in [1.54, 1.807) is 37.3 Å². The van der Waals surface area contributed by atoms with Gasteiger partial charge in [-0.2, -0.15) is 5.10 Å². The van der Waals surface area contributed by atoms with Crippen molar-refractivity contribution in [1.82, 2.24) is 19.7 Å². The lowest BCUT2D eigenvalue weighted by atomic mass is 10.00. The molecule has 1 saturated heterocycles. The number of likely N-dealkylation sites (tertiary alicyclic amines) is 1. The van der Waals surface area contributed by atoms with Gasteiger partial charge in [0.2, 0.25) is 0 Å². The van der Waals surface area contributed by atoms with Crippen LogP contribution in [0, 0.1) is 0 Å². The van der Waals surface area contributed by atoms with Gasteiger partial charge < -0.3 is 19.7 Å². The Labute approximate surface area is 153 Å². The SMILES string of the molecule is COc1ccc(NC(=O)N2CC(c3nc(C(C)C)nn3C)C2)c(OC)c1. The number of carbonyl (C=O) groups is 1. The molecular formula is C18H25N5O3. The molecule has 1 fully saturated rings. The molecule has 1 N–H and O–H groups in total. The lowest BCUT2D eigenvalue weighted by Crippen LogP contribution is -2.51. The molecule has 0 spiro atoms. The van der Waals surface area contributed by atoms with Gasteiger partial charge in [0.05, 0.1) is 25.8 Å². The third-order valence-corrected chi connectivity index (χ3v) is 4.51. The monoisotopic (exact) mass is 359 g/mol. The molecule has 3 rings (SSSR count). The first-order chi connectivity index (χ1) is 12.4. The summed E-state index contributed by atoms with van der Waals surface area (Å²) in [5.41, 5.74) is 0.613. The molecule has 0 aliphatic carbocycles. The summed E-state index contributed by atoms with van der Waals surface area (Å²) in [5, 5.41) is 7.34. The number of methoxy groups -OCH3 is 2. The van der Waals surface area contributed by atoms with Crippen LogP contribution in [0.25, 0.3) is 0 Å². The molecule has 26 heavy (non-hydrogen) atoms. The predicted octanol–water partition coefficient (Wildman–Crippen LogP) is 2.59. The van der Waals surface area contributed by atoms with Crippen molar-refractivity contribution in [1.29, 1.82) is 0 Å². The number of hydrogen-bond acceptors (Lipinski definition) is 5. The average Bonchev–Trinajstić information content (AvgIpc) is 2.96. The molecule has 140 valence electrons. The normalized spacial score (nSPS) is 14.3. The molecule has 0 atom stereocenters. The molecule has 1 aliphatic rings. The zero-order valence-corrected chi connectivity index (χ0v) is 15.8. The summed E-state index contributed by atoms with van der Waals surface area (Å²) in [4.78, 5) is 18.8. The van der Waals surface area contributed by atoms with Crippen LogP contribution in [-0.2, 0) is 7.05 Å². The van der Waals surface area contributed by atoms with E-state index in [1.807, 2.05) is 11.7 Å². The van der Waals surface area contributed by atoms with E-state index in [1.165, 1.54) is 0 Å². The molecule has 1 aromatic heterocycles. The number of benzene rings is 1. The molecule has 8 heteroatoms. The minimum absolute atomic E-state index is 0.157. The van der Waals surface area contributed by atoms with Crippen LogP contribution in [0.4, 0.5) is 10.5 Å². The standard InChI is InChI=1S/C18H25N5O3/c1-11(2)16-20-17(22(3)21-16)12-9-23(10-12)18(24)19-14-7-6-13(25-4)8-15(14)26-5/h6-8,11-12H,9-10H2,1-5H3,(H,19,24). The van der Waals surface area contributed by atoms with Crippen LogP contribution in [0.1, 0.15) is 37.3 Å². The summed E-state index contributed by atoms with van der Waals surface area (Å²) in [6.07, 6.45) is 0. The number of anilines is 1. The zero-order valence-electron chi connectivity index (χ0n) is 15.8. The van der Waals surface area contributed by atoms with Gasteiger partial charge in [-0.15, -0.1) is 0 Å². The van der Waals surface area contributed by atoms with Crippen molar-refractivity contribution in [2.45, 2.75) is 25.7 Å². The first kappa shape index (κ1) is 18.0. The van der Waals surface area contributed by atoms with E-state index < -0.39 is 0 Å². The summed E-state index contributed by atoms with van der Waals surface area (Å²) in [6.45, 7) is 5.38. The molecular weight excluding hydrogens is 334 g/mol. The number of nitrogens with zero attached hydrogens (tertiary/aromatic N) is 4. The second-order valence-electron chi connectivity index (χ2n) is 6.70. The molecule has 0 unspecified atom stereocenters. The Kier molecular flexibility index (Phi) is 5.01. The Morgan fingerprint density at radius 2 is 2.00 bits per heavy atom. The predicted molar refractivity (Wildman–Crippen MR) is 98.0 cm³/mol.